The minimum Gasteiger partial charge on any atom is -0.382 e. The van der Waals surface area contributed by atoms with Gasteiger partial charge in [0.05, 0.1) is 30.3 Å². The Morgan fingerprint density at radius 3 is 2.78 bits per heavy atom. The van der Waals surface area contributed by atoms with E-state index in [-0.39, 0.29) is 24.3 Å². The maximum absolute atomic E-state index is 12.9. The molecule has 0 aromatic carbocycles. The summed E-state index contributed by atoms with van der Waals surface area (Å²) in [5.41, 5.74) is -0.0238. The molecule has 1 N–H and O–H groups in total. The third kappa shape index (κ3) is 3.55. The van der Waals surface area contributed by atoms with E-state index in [4.69, 9.17) is 4.74 Å². The molecule has 0 spiro atoms. The van der Waals surface area contributed by atoms with Crippen LogP contribution in [0.5, 0.6) is 0 Å². The molecule has 0 bridgehead atoms. The average molecular weight is 322 g/mol. The maximum Gasteiger partial charge on any atom is 0.257 e. The summed E-state index contributed by atoms with van der Waals surface area (Å²) in [5, 5.41) is 6.88. The Labute approximate surface area is 137 Å². The number of nitrogens with zero attached hydrogens (tertiary/aromatic N) is 3. The minimum absolute atomic E-state index is 0.0837. The lowest BCUT2D eigenvalue weighted by molar-refractivity contribution is -0.123. The molecule has 0 aliphatic carbocycles. The second-order valence-corrected chi connectivity index (χ2v) is 6.37. The second kappa shape index (κ2) is 7.12. The zero-order chi connectivity index (χ0) is 17.0. The van der Waals surface area contributed by atoms with Gasteiger partial charge in [0.2, 0.25) is 5.91 Å². The highest BCUT2D eigenvalue weighted by Crippen LogP contribution is 2.34. The van der Waals surface area contributed by atoms with Crippen molar-refractivity contribution in [2.45, 2.75) is 44.7 Å². The predicted molar refractivity (Wildman–Crippen MR) is 86.2 cm³/mol. The van der Waals surface area contributed by atoms with Crippen molar-refractivity contribution in [2.75, 3.05) is 27.3 Å². The molecule has 1 fully saturated rings. The fourth-order valence-corrected chi connectivity index (χ4v) is 3.18. The number of carbonyl (C=O) groups is 2. The molecule has 2 amide bonds. The molecule has 1 aliphatic rings. The Morgan fingerprint density at radius 2 is 2.22 bits per heavy atom. The number of aromatic nitrogens is 2. The lowest BCUT2D eigenvalue weighted by atomic mass is 9.92. The van der Waals surface area contributed by atoms with E-state index >= 15 is 0 Å². The fourth-order valence-electron chi connectivity index (χ4n) is 3.18. The summed E-state index contributed by atoms with van der Waals surface area (Å²) in [6, 6.07) is 0.199. The number of carbonyl (C=O) groups excluding carboxylic acids is 2. The molecule has 0 unspecified atom stereocenters. The largest absolute Gasteiger partial charge is 0.382 e. The standard InChI is InChI=1S/C16H26N4O3/c1-12(2)20-10-13(9-18-20)15(22)19-7-5-6-16(19,11-23-4)8-14(21)17-3/h9-10,12H,5-8,11H2,1-4H3,(H,17,21)/t16-/m0/s1. The summed E-state index contributed by atoms with van der Waals surface area (Å²) >= 11 is 0. The molecular formula is C16H26N4O3. The lowest BCUT2D eigenvalue weighted by Crippen LogP contribution is -2.52. The van der Waals surface area contributed by atoms with Crippen LogP contribution in [0, 0.1) is 0 Å². The van der Waals surface area contributed by atoms with Crippen LogP contribution in [0.1, 0.15) is 49.5 Å². The van der Waals surface area contributed by atoms with Gasteiger partial charge in [0.1, 0.15) is 0 Å². The molecule has 23 heavy (non-hydrogen) atoms. The van der Waals surface area contributed by atoms with E-state index in [1.807, 2.05) is 13.8 Å². The van der Waals surface area contributed by atoms with Gasteiger partial charge in [-0.15, -0.1) is 0 Å². The third-order valence-corrected chi connectivity index (χ3v) is 4.40. The van der Waals surface area contributed by atoms with Crippen LogP contribution in [0.15, 0.2) is 12.4 Å². The molecule has 1 aromatic rings. The van der Waals surface area contributed by atoms with Crippen LogP contribution >= 0.6 is 0 Å². The van der Waals surface area contributed by atoms with E-state index in [0.717, 1.165) is 12.8 Å². The Bertz CT molecular complexity index is 569. The SMILES string of the molecule is CNC(=O)C[C@]1(COC)CCCN1C(=O)c1cnn(C(C)C)c1. The molecule has 1 aromatic heterocycles. The topological polar surface area (TPSA) is 76.5 Å². The molecule has 0 saturated carbocycles. The molecule has 2 rings (SSSR count). The van der Waals surface area contributed by atoms with Crippen molar-refractivity contribution >= 4 is 11.8 Å². The van der Waals surface area contributed by atoms with Crippen LogP contribution in [0.4, 0.5) is 0 Å². The monoisotopic (exact) mass is 322 g/mol. The third-order valence-electron chi connectivity index (χ3n) is 4.40. The quantitative estimate of drug-likeness (QED) is 0.854. The van der Waals surface area contributed by atoms with E-state index in [9.17, 15) is 9.59 Å². The smallest absolute Gasteiger partial charge is 0.257 e. The van der Waals surface area contributed by atoms with Crippen molar-refractivity contribution in [1.82, 2.24) is 20.0 Å². The summed E-state index contributed by atoms with van der Waals surface area (Å²) in [6.45, 7) is 5.01. The van der Waals surface area contributed by atoms with Crippen LogP contribution in [0.2, 0.25) is 0 Å². The predicted octanol–water partition coefficient (Wildman–Crippen LogP) is 1.22. The first-order valence-electron chi connectivity index (χ1n) is 7.99. The van der Waals surface area contributed by atoms with Crippen LogP contribution in [0.3, 0.4) is 0 Å². The normalized spacial score (nSPS) is 21.0. The number of hydrogen-bond acceptors (Lipinski definition) is 4. The number of nitrogens with one attached hydrogen (secondary N) is 1. The van der Waals surface area contributed by atoms with Crippen molar-refractivity contribution in [1.29, 1.82) is 0 Å². The van der Waals surface area contributed by atoms with E-state index in [0.29, 0.717) is 18.7 Å². The Morgan fingerprint density at radius 1 is 1.48 bits per heavy atom. The highest BCUT2D eigenvalue weighted by Gasteiger charge is 2.45. The van der Waals surface area contributed by atoms with E-state index < -0.39 is 5.54 Å². The molecule has 0 radical (unpaired) electrons. The number of rotatable bonds is 6. The van der Waals surface area contributed by atoms with Gasteiger partial charge in [0.25, 0.3) is 5.91 Å². The van der Waals surface area contributed by atoms with Crippen molar-refractivity contribution in [3.05, 3.63) is 18.0 Å². The lowest BCUT2D eigenvalue weighted by Gasteiger charge is -2.37. The summed E-state index contributed by atoms with van der Waals surface area (Å²) < 4.78 is 7.10. The molecule has 7 nitrogen and oxygen atoms in total. The molecular weight excluding hydrogens is 296 g/mol. The molecule has 1 aliphatic heterocycles. The van der Waals surface area contributed by atoms with Crippen LogP contribution in [-0.2, 0) is 9.53 Å². The Hall–Kier alpha value is -1.89. The highest BCUT2D eigenvalue weighted by molar-refractivity contribution is 5.95. The van der Waals surface area contributed by atoms with Gasteiger partial charge in [-0.05, 0) is 26.7 Å². The summed E-state index contributed by atoms with van der Waals surface area (Å²) in [7, 11) is 3.21. The van der Waals surface area contributed by atoms with E-state index in [2.05, 4.69) is 10.4 Å². The average Bonchev–Trinajstić information content (AvgIpc) is 3.14. The Balaban J connectivity index is 2.26. The molecule has 1 atom stereocenters. The van der Waals surface area contributed by atoms with Gasteiger partial charge in [0, 0.05) is 32.9 Å². The van der Waals surface area contributed by atoms with Gasteiger partial charge >= 0.3 is 0 Å². The summed E-state index contributed by atoms with van der Waals surface area (Å²) in [4.78, 5) is 26.6. The van der Waals surface area contributed by atoms with Gasteiger partial charge in [0.15, 0.2) is 0 Å². The number of methoxy groups -OCH3 is 1. The van der Waals surface area contributed by atoms with Gasteiger partial charge < -0.3 is 15.0 Å². The minimum atomic E-state index is -0.578. The molecule has 128 valence electrons. The van der Waals surface area contributed by atoms with Gasteiger partial charge in [-0.1, -0.05) is 0 Å². The number of likely N-dealkylation sites (tertiary alicyclic amines) is 1. The van der Waals surface area contributed by atoms with Crippen molar-refractivity contribution in [3.63, 3.8) is 0 Å². The van der Waals surface area contributed by atoms with Gasteiger partial charge in [-0.3, -0.25) is 14.3 Å². The van der Waals surface area contributed by atoms with Crippen molar-refractivity contribution in [2.24, 2.45) is 0 Å². The second-order valence-electron chi connectivity index (χ2n) is 6.37. The first-order chi connectivity index (χ1) is 10.9. The van der Waals surface area contributed by atoms with Gasteiger partial charge in [-0.2, -0.15) is 5.10 Å². The molecule has 2 heterocycles. The summed E-state index contributed by atoms with van der Waals surface area (Å²) in [6.07, 6.45) is 5.24. The maximum atomic E-state index is 12.9. The van der Waals surface area contributed by atoms with Crippen LogP contribution in [-0.4, -0.2) is 59.3 Å². The van der Waals surface area contributed by atoms with E-state index in [1.54, 1.807) is 36.1 Å². The Kier molecular flexibility index (Phi) is 5.41. The van der Waals surface area contributed by atoms with Crippen LogP contribution in [0.25, 0.3) is 0 Å². The van der Waals surface area contributed by atoms with Gasteiger partial charge in [-0.25, -0.2) is 0 Å². The van der Waals surface area contributed by atoms with Crippen molar-refractivity contribution < 1.29 is 14.3 Å². The van der Waals surface area contributed by atoms with E-state index in [1.165, 1.54) is 0 Å². The molecule has 1 saturated heterocycles. The zero-order valence-electron chi connectivity index (χ0n) is 14.3. The van der Waals surface area contributed by atoms with Crippen LogP contribution < -0.4 is 5.32 Å². The number of ether oxygens (including phenoxy) is 1. The summed E-state index contributed by atoms with van der Waals surface area (Å²) in [5.74, 6) is -0.171. The van der Waals surface area contributed by atoms with Crippen molar-refractivity contribution in [3.8, 4) is 0 Å². The highest BCUT2D eigenvalue weighted by atomic mass is 16.5. The fraction of sp³-hybridized carbons (Fsp3) is 0.688. The number of amides is 2. The molecule has 7 heteroatoms. The zero-order valence-corrected chi connectivity index (χ0v) is 14.3. The number of hydrogen-bond donors (Lipinski definition) is 1. The first-order valence-corrected chi connectivity index (χ1v) is 7.99. The first kappa shape index (κ1) is 17.5.